The molecular formula is C24H26N6O4S. The van der Waals surface area contributed by atoms with E-state index in [2.05, 4.69) is 25.9 Å². The van der Waals surface area contributed by atoms with Crippen molar-refractivity contribution >= 4 is 45.6 Å². The Morgan fingerprint density at radius 2 is 1.97 bits per heavy atom. The van der Waals surface area contributed by atoms with Gasteiger partial charge in [-0.05, 0) is 57.3 Å². The predicted octanol–water partition coefficient (Wildman–Crippen LogP) is 1.93. The Morgan fingerprint density at radius 3 is 2.74 bits per heavy atom. The minimum atomic E-state index is -0.802. The van der Waals surface area contributed by atoms with Crippen molar-refractivity contribution in [1.29, 1.82) is 0 Å². The number of fused-ring (bicyclic) bond motifs is 1. The highest BCUT2D eigenvalue weighted by Gasteiger charge is 2.30. The summed E-state index contributed by atoms with van der Waals surface area (Å²) in [5.41, 5.74) is 0.689. The predicted molar refractivity (Wildman–Crippen MR) is 132 cm³/mol. The molecule has 2 fully saturated rings. The van der Waals surface area contributed by atoms with E-state index in [1.165, 1.54) is 15.9 Å². The van der Waals surface area contributed by atoms with Crippen LogP contribution in [0.2, 0.25) is 0 Å². The average molecular weight is 495 g/mol. The fourth-order valence-corrected chi connectivity index (χ4v) is 5.64. The zero-order valence-electron chi connectivity index (χ0n) is 19.3. The van der Waals surface area contributed by atoms with Gasteiger partial charge >= 0.3 is 0 Å². The van der Waals surface area contributed by atoms with Gasteiger partial charge in [-0.2, -0.15) is 0 Å². The normalized spacial score (nSPS) is 19.1. The van der Waals surface area contributed by atoms with Gasteiger partial charge in [-0.3, -0.25) is 29.1 Å². The number of hydrogen-bond donors (Lipinski definition) is 3. The van der Waals surface area contributed by atoms with E-state index < -0.39 is 17.5 Å². The van der Waals surface area contributed by atoms with Crippen LogP contribution in [0.1, 0.15) is 53.0 Å². The van der Waals surface area contributed by atoms with Gasteiger partial charge in [0.1, 0.15) is 23.1 Å². The summed E-state index contributed by atoms with van der Waals surface area (Å²) in [5.74, 6) is -0.316. The quantitative estimate of drug-likeness (QED) is 0.461. The summed E-state index contributed by atoms with van der Waals surface area (Å²) in [6.07, 6.45) is 3.48. The lowest BCUT2D eigenvalue weighted by atomic mass is 9.95. The first-order valence-electron chi connectivity index (χ1n) is 11.7. The van der Waals surface area contributed by atoms with Gasteiger partial charge in [0.15, 0.2) is 0 Å². The third-order valence-corrected chi connectivity index (χ3v) is 7.46. The van der Waals surface area contributed by atoms with Crippen LogP contribution in [0.3, 0.4) is 0 Å². The summed E-state index contributed by atoms with van der Waals surface area (Å²) < 4.78 is 1.32. The summed E-state index contributed by atoms with van der Waals surface area (Å²) in [6.45, 7) is 3.67. The molecule has 0 spiro atoms. The van der Waals surface area contributed by atoms with Crippen molar-refractivity contribution in [2.75, 3.05) is 18.4 Å². The van der Waals surface area contributed by atoms with Gasteiger partial charge < -0.3 is 10.6 Å². The molecule has 1 unspecified atom stereocenters. The molecule has 10 nitrogen and oxygen atoms in total. The van der Waals surface area contributed by atoms with E-state index in [1.807, 2.05) is 0 Å². The number of carbonyl (C=O) groups excluding carboxylic acids is 3. The van der Waals surface area contributed by atoms with Crippen molar-refractivity contribution in [3.63, 3.8) is 0 Å². The van der Waals surface area contributed by atoms with Crippen molar-refractivity contribution < 1.29 is 14.4 Å². The summed E-state index contributed by atoms with van der Waals surface area (Å²) in [4.78, 5) is 59.2. The van der Waals surface area contributed by atoms with Gasteiger partial charge in [-0.1, -0.05) is 6.07 Å². The van der Waals surface area contributed by atoms with Crippen LogP contribution in [0.5, 0.6) is 0 Å². The molecule has 182 valence electrons. The van der Waals surface area contributed by atoms with Crippen LogP contribution in [0.25, 0.3) is 10.9 Å². The summed E-state index contributed by atoms with van der Waals surface area (Å²) in [7, 11) is 0. The minimum absolute atomic E-state index is 0.156. The SMILES string of the molecule is Cc1nc2c(NC(=O)c3csc(CC4CCNCC4)n3)cccc2c(=O)n1C1CCC(=O)NC1=O. The molecular weight excluding hydrogens is 468 g/mol. The zero-order chi connectivity index (χ0) is 24.5. The minimum Gasteiger partial charge on any atom is -0.319 e. The first-order valence-corrected chi connectivity index (χ1v) is 12.6. The van der Waals surface area contributed by atoms with Crippen molar-refractivity contribution in [3.8, 4) is 0 Å². The van der Waals surface area contributed by atoms with E-state index >= 15 is 0 Å². The number of anilines is 1. The maximum absolute atomic E-state index is 13.3. The second-order valence-corrected chi connectivity index (χ2v) is 9.92. The van der Waals surface area contributed by atoms with Gasteiger partial charge in [0.2, 0.25) is 11.8 Å². The Labute approximate surface area is 205 Å². The van der Waals surface area contributed by atoms with Crippen LogP contribution >= 0.6 is 11.3 Å². The highest BCUT2D eigenvalue weighted by atomic mass is 32.1. The first-order chi connectivity index (χ1) is 16.9. The Balaban J connectivity index is 1.39. The van der Waals surface area contributed by atoms with Crippen molar-refractivity contribution in [3.05, 3.63) is 50.5 Å². The molecule has 2 aliphatic rings. The molecule has 2 aliphatic heterocycles. The fraction of sp³-hybridized carbons (Fsp3) is 0.417. The standard InChI is InChI=1S/C24H26N6O4S/c1-13-26-21-15(24(34)30(13)18-5-6-19(31)29-23(18)33)3-2-4-16(21)28-22(32)17-12-35-20(27-17)11-14-7-9-25-10-8-14/h2-4,12,14,18,25H,5-11H2,1H3,(H,28,32)(H,29,31,33). The molecule has 3 aromatic rings. The maximum atomic E-state index is 13.3. The molecule has 1 atom stereocenters. The van der Waals surface area contributed by atoms with Crippen molar-refractivity contribution in [2.45, 2.75) is 45.1 Å². The molecule has 0 aliphatic carbocycles. The number of carbonyl (C=O) groups is 3. The Hall–Kier alpha value is -3.44. The molecule has 3 amide bonds. The lowest BCUT2D eigenvalue weighted by molar-refractivity contribution is -0.135. The lowest BCUT2D eigenvalue weighted by Gasteiger charge is -2.24. The van der Waals surface area contributed by atoms with E-state index in [0.717, 1.165) is 37.4 Å². The Kier molecular flexibility index (Phi) is 6.44. The summed E-state index contributed by atoms with van der Waals surface area (Å²) in [6, 6.07) is 4.16. The van der Waals surface area contributed by atoms with Gasteiger partial charge in [-0.25, -0.2) is 9.97 Å². The van der Waals surface area contributed by atoms with Gasteiger partial charge in [0.05, 0.1) is 16.1 Å². The zero-order valence-corrected chi connectivity index (χ0v) is 20.1. The number of nitrogens with zero attached hydrogens (tertiary/aromatic N) is 3. The number of rotatable bonds is 5. The monoisotopic (exact) mass is 494 g/mol. The molecule has 35 heavy (non-hydrogen) atoms. The maximum Gasteiger partial charge on any atom is 0.275 e. The highest BCUT2D eigenvalue weighted by molar-refractivity contribution is 7.09. The van der Waals surface area contributed by atoms with Crippen LogP contribution in [-0.2, 0) is 16.0 Å². The highest BCUT2D eigenvalue weighted by Crippen LogP contribution is 2.25. The number of hydrogen-bond acceptors (Lipinski definition) is 8. The first kappa shape index (κ1) is 23.3. The molecule has 11 heteroatoms. The third kappa shape index (κ3) is 4.73. The van der Waals surface area contributed by atoms with Gasteiger partial charge in [0.25, 0.3) is 11.5 Å². The van der Waals surface area contributed by atoms with Crippen LogP contribution in [0.4, 0.5) is 5.69 Å². The van der Waals surface area contributed by atoms with Gasteiger partial charge in [-0.15, -0.1) is 11.3 Å². The molecule has 2 saturated heterocycles. The van der Waals surface area contributed by atoms with E-state index in [1.54, 1.807) is 30.5 Å². The topological polar surface area (TPSA) is 135 Å². The summed E-state index contributed by atoms with van der Waals surface area (Å²) in [5, 5.41) is 11.5. The van der Waals surface area contributed by atoms with Crippen LogP contribution in [-0.4, -0.2) is 45.3 Å². The number of benzene rings is 1. The number of aryl methyl sites for hydroxylation is 1. The number of piperidine rings is 2. The Bertz CT molecular complexity index is 1370. The molecule has 0 radical (unpaired) electrons. The number of imide groups is 1. The molecule has 5 rings (SSSR count). The summed E-state index contributed by atoms with van der Waals surface area (Å²) >= 11 is 1.49. The lowest BCUT2D eigenvalue weighted by Crippen LogP contribution is -2.45. The molecule has 1 aromatic carbocycles. The molecule has 2 aromatic heterocycles. The van der Waals surface area contributed by atoms with E-state index in [4.69, 9.17) is 0 Å². The fourth-order valence-electron chi connectivity index (χ4n) is 4.75. The van der Waals surface area contributed by atoms with E-state index in [0.29, 0.717) is 28.6 Å². The van der Waals surface area contributed by atoms with Crippen molar-refractivity contribution in [2.24, 2.45) is 5.92 Å². The van der Waals surface area contributed by atoms with E-state index in [9.17, 15) is 19.2 Å². The Morgan fingerprint density at radius 1 is 1.17 bits per heavy atom. The second kappa shape index (κ2) is 9.67. The van der Waals surface area contributed by atoms with Crippen LogP contribution in [0.15, 0.2) is 28.4 Å². The third-order valence-electron chi connectivity index (χ3n) is 6.58. The molecule has 3 N–H and O–H groups in total. The molecule has 0 saturated carbocycles. The molecule has 0 bridgehead atoms. The number of para-hydroxylation sites is 1. The van der Waals surface area contributed by atoms with Crippen molar-refractivity contribution in [1.82, 2.24) is 25.2 Å². The largest absolute Gasteiger partial charge is 0.319 e. The number of amides is 3. The molecule has 4 heterocycles. The average Bonchev–Trinajstić information content (AvgIpc) is 3.30. The second-order valence-electron chi connectivity index (χ2n) is 8.98. The van der Waals surface area contributed by atoms with Gasteiger partial charge in [0, 0.05) is 18.2 Å². The number of thiazole rings is 1. The number of aromatic nitrogens is 3. The van der Waals surface area contributed by atoms with E-state index in [-0.39, 0.29) is 30.0 Å². The smallest absolute Gasteiger partial charge is 0.275 e. The number of nitrogens with one attached hydrogen (secondary N) is 3. The van der Waals surface area contributed by atoms with Crippen LogP contribution in [0, 0.1) is 12.8 Å². The van der Waals surface area contributed by atoms with Crippen LogP contribution < -0.4 is 21.5 Å².